The van der Waals surface area contributed by atoms with Crippen molar-refractivity contribution in [3.05, 3.63) is 82.1 Å². The molecule has 0 unspecified atom stereocenters. The Hall–Kier alpha value is -3.16. The van der Waals surface area contributed by atoms with Gasteiger partial charge in [-0.2, -0.15) is 0 Å². The van der Waals surface area contributed by atoms with Crippen LogP contribution < -0.4 is 5.32 Å². The van der Waals surface area contributed by atoms with E-state index in [9.17, 15) is 9.59 Å². The monoisotopic (exact) mass is 478 g/mol. The number of halogens is 1. The zero-order chi connectivity index (χ0) is 22.9. The Balaban J connectivity index is 1.34. The van der Waals surface area contributed by atoms with E-state index < -0.39 is 0 Å². The van der Waals surface area contributed by atoms with Gasteiger partial charge in [-0.3, -0.25) is 14.0 Å². The Morgan fingerprint density at radius 1 is 1.21 bits per heavy atom. The van der Waals surface area contributed by atoms with Crippen molar-refractivity contribution in [1.29, 1.82) is 0 Å². The number of hydrogen-bond acceptors (Lipinski definition) is 4. The molecule has 5 rings (SSSR count). The number of aromatic nitrogens is 2. The van der Waals surface area contributed by atoms with Crippen molar-refractivity contribution >= 4 is 39.7 Å². The number of likely N-dealkylation sites (tertiary alicyclic amines) is 1. The molecule has 8 heteroatoms. The number of imidazole rings is 1. The number of amides is 2. The Bertz CT molecular complexity index is 1350. The predicted molar refractivity (Wildman–Crippen MR) is 131 cm³/mol. The van der Waals surface area contributed by atoms with E-state index >= 15 is 0 Å². The molecule has 3 heterocycles. The topological polar surface area (TPSA) is 66.7 Å². The smallest absolute Gasteiger partial charge is 0.270 e. The van der Waals surface area contributed by atoms with E-state index in [0.29, 0.717) is 35.1 Å². The maximum atomic E-state index is 13.6. The Morgan fingerprint density at radius 3 is 2.91 bits per heavy atom. The van der Waals surface area contributed by atoms with Gasteiger partial charge in [-0.15, -0.1) is 11.3 Å². The highest BCUT2D eigenvalue weighted by atomic mass is 35.5. The van der Waals surface area contributed by atoms with Crippen LogP contribution in [0.15, 0.2) is 60.1 Å². The normalized spacial score (nSPS) is 15.8. The maximum Gasteiger partial charge on any atom is 0.270 e. The number of hydrogen-bond donors (Lipinski definition) is 1. The molecule has 0 radical (unpaired) electrons. The minimum Gasteiger partial charge on any atom is -0.349 e. The van der Waals surface area contributed by atoms with Crippen LogP contribution in [0.5, 0.6) is 0 Å². The second-order valence-electron chi connectivity index (χ2n) is 8.16. The Morgan fingerprint density at radius 2 is 2.06 bits per heavy atom. The van der Waals surface area contributed by atoms with Gasteiger partial charge in [0.25, 0.3) is 11.8 Å². The molecule has 0 spiro atoms. The summed E-state index contributed by atoms with van der Waals surface area (Å²) in [5.74, 6) is -0.194. The number of rotatable bonds is 5. The van der Waals surface area contributed by atoms with Crippen LogP contribution in [0.3, 0.4) is 0 Å². The summed E-state index contributed by atoms with van der Waals surface area (Å²) in [6, 6.07) is 15.1. The van der Waals surface area contributed by atoms with Crippen LogP contribution in [0.1, 0.15) is 39.4 Å². The van der Waals surface area contributed by atoms with E-state index in [4.69, 9.17) is 11.6 Å². The highest BCUT2D eigenvalue weighted by Gasteiger charge is 2.31. The third-order valence-corrected chi connectivity index (χ3v) is 7.07. The fourth-order valence-corrected chi connectivity index (χ4v) is 5.46. The molecule has 2 amide bonds. The standard InChI is InChI=1S/C25H23ClN4O2S/c1-16-22(30-12-13-33-25(30)28-16)23(31)27-15-19-8-5-11-29(19)24(32)21-10-3-2-9-20(21)17-6-4-7-18(26)14-17/h2-4,6-7,9-10,12-14,19H,5,8,11,15H2,1H3,(H,27,31)/t19-/m0/s1. The van der Waals surface area contributed by atoms with Crippen molar-refractivity contribution in [1.82, 2.24) is 19.6 Å². The summed E-state index contributed by atoms with van der Waals surface area (Å²) in [5.41, 5.74) is 3.66. The van der Waals surface area contributed by atoms with Crippen LogP contribution >= 0.6 is 22.9 Å². The summed E-state index contributed by atoms with van der Waals surface area (Å²) in [4.78, 5) is 33.6. The fourth-order valence-electron chi connectivity index (χ4n) is 4.51. The molecule has 1 aliphatic heterocycles. The van der Waals surface area contributed by atoms with Crippen LogP contribution in [0, 0.1) is 6.92 Å². The zero-order valence-corrected chi connectivity index (χ0v) is 19.7. The van der Waals surface area contributed by atoms with Crippen LogP contribution in [-0.4, -0.2) is 45.2 Å². The van der Waals surface area contributed by atoms with Gasteiger partial charge in [0, 0.05) is 41.3 Å². The zero-order valence-electron chi connectivity index (χ0n) is 18.1. The van der Waals surface area contributed by atoms with Gasteiger partial charge in [0.1, 0.15) is 5.69 Å². The first-order valence-corrected chi connectivity index (χ1v) is 12.1. The van der Waals surface area contributed by atoms with Gasteiger partial charge >= 0.3 is 0 Å². The van der Waals surface area contributed by atoms with Crippen LogP contribution in [0.4, 0.5) is 0 Å². The molecule has 0 saturated carbocycles. The minimum atomic E-state index is -0.169. The first kappa shape index (κ1) is 21.7. The number of nitrogens with zero attached hydrogens (tertiary/aromatic N) is 3. The molecular formula is C25H23ClN4O2S. The Labute approximate surface area is 200 Å². The summed E-state index contributed by atoms with van der Waals surface area (Å²) in [5, 5.41) is 5.57. The first-order valence-electron chi connectivity index (χ1n) is 10.9. The molecule has 1 fully saturated rings. The van der Waals surface area contributed by atoms with Gasteiger partial charge in [0.15, 0.2) is 4.96 Å². The van der Waals surface area contributed by atoms with E-state index in [1.807, 2.05) is 76.3 Å². The largest absolute Gasteiger partial charge is 0.349 e. The van der Waals surface area contributed by atoms with Gasteiger partial charge in [-0.1, -0.05) is 41.9 Å². The highest BCUT2D eigenvalue weighted by molar-refractivity contribution is 7.15. The molecule has 1 N–H and O–H groups in total. The molecule has 168 valence electrons. The van der Waals surface area contributed by atoms with Crippen molar-refractivity contribution in [2.75, 3.05) is 13.1 Å². The number of nitrogens with one attached hydrogen (secondary N) is 1. The van der Waals surface area contributed by atoms with E-state index in [2.05, 4.69) is 10.3 Å². The highest BCUT2D eigenvalue weighted by Crippen LogP contribution is 2.29. The molecular weight excluding hydrogens is 456 g/mol. The average Bonchev–Trinajstić information content (AvgIpc) is 3.53. The molecule has 0 aliphatic carbocycles. The van der Waals surface area contributed by atoms with Crippen molar-refractivity contribution in [2.45, 2.75) is 25.8 Å². The summed E-state index contributed by atoms with van der Waals surface area (Å²) >= 11 is 7.69. The number of carbonyl (C=O) groups is 2. The number of aryl methyl sites for hydroxylation is 1. The summed E-state index contributed by atoms with van der Waals surface area (Å²) < 4.78 is 1.81. The third-order valence-electron chi connectivity index (χ3n) is 6.08. The van der Waals surface area contributed by atoms with Crippen LogP contribution in [0.2, 0.25) is 5.02 Å². The molecule has 6 nitrogen and oxygen atoms in total. The summed E-state index contributed by atoms with van der Waals surface area (Å²) in [6.45, 7) is 2.91. The molecule has 0 bridgehead atoms. The van der Waals surface area contributed by atoms with Crippen LogP contribution in [-0.2, 0) is 0 Å². The molecule has 4 aromatic rings. The SMILES string of the molecule is Cc1nc2sccn2c1C(=O)NC[C@@H]1CCCN1C(=O)c1ccccc1-c1cccc(Cl)c1. The molecule has 1 atom stereocenters. The van der Waals surface area contributed by atoms with Gasteiger partial charge in [-0.05, 0) is 49.1 Å². The molecule has 33 heavy (non-hydrogen) atoms. The molecule has 2 aromatic carbocycles. The Kier molecular flexibility index (Phi) is 5.91. The number of carbonyl (C=O) groups excluding carboxylic acids is 2. The molecule has 1 saturated heterocycles. The minimum absolute atomic E-state index is 0.0249. The lowest BCUT2D eigenvalue weighted by atomic mass is 9.98. The lowest BCUT2D eigenvalue weighted by Crippen LogP contribution is -2.43. The van der Waals surface area contributed by atoms with Crippen molar-refractivity contribution in [3.63, 3.8) is 0 Å². The maximum absolute atomic E-state index is 13.6. The number of thiazole rings is 1. The van der Waals surface area contributed by atoms with Gasteiger partial charge in [0.2, 0.25) is 0 Å². The van der Waals surface area contributed by atoms with E-state index in [0.717, 1.165) is 28.9 Å². The number of benzene rings is 2. The summed E-state index contributed by atoms with van der Waals surface area (Å²) in [6.07, 6.45) is 3.61. The lowest BCUT2D eigenvalue weighted by molar-refractivity contribution is 0.0725. The average molecular weight is 479 g/mol. The van der Waals surface area contributed by atoms with Gasteiger partial charge in [0.05, 0.1) is 5.69 Å². The van der Waals surface area contributed by atoms with Crippen LogP contribution in [0.25, 0.3) is 16.1 Å². The van der Waals surface area contributed by atoms with Crippen molar-refractivity contribution < 1.29 is 9.59 Å². The molecule has 2 aromatic heterocycles. The van der Waals surface area contributed by atoms with Crippen molar-refractivity contribution in [2.24, 2.45) is 0 Å². The predicted octanol–water partition coefficient (Wildman–Crippen LogP) is 5.06. The van der Waals surface area contributed by atoms with Gasteiger partial charge < -0.3 is 10.2 Å². The van der Waals surface area contributed by atoms with E-state index in [1.54, 1.807) is 0 Å². The number of fused-ring (bicyclic) bond motifs is 1. The second kappa shape index (κ2) is 9.00. The summed E-state index contributed by atoms with van der Waals surface area (Å²) in [7, 11) is 0. The van der Waals surface area contributed by atoms with E-state index in [-0.39, 0.29) is 17.9 Å². The second-order valence-corrected chi connectivity index (χ2v) is 9.47. The van der Waals surface area contributed by atoms with Gasteiger partial charge in [-0.25, -0.2) is 4.98 Å². The van der Waals surface area contributed by atoms with Crippen molar-refractivity contribution in [3.8, 4) is 11.1 Å². The quantitative estimate of drug-likeness (QED) is 0.436. The van der Waals surface area contributed by atoms with E-state index in [1.165, 1.54) is 11.3 Å². The third kappa shape index (κ3) is 4.14. The lowest BCUT2D eigenvalue weighted by Gasteiger charge is -2.26. The first-order chi connectivity index (χ1) is 16.0. The molecule has 1 aliphatic rings. The fraction of sp³-hybridized carbons (Fsp3) is 0.240.